The molecular formula is C16H23N3O. The fraction of sp³-hybridized carbons (Fsp3) is 0.562. The van der Waals surface area contributed by atoms with Crippen LogP contribution in [0.25, 0.3) is 0 Å². The number of likely N-dealkylation sites (tertiary alicyclic amines) is 1. The summed E-state index contributed by atoms with van der Waals surface area (Å²) in [5.74, 6) is 0.943. The molecule has 1 unspecified atom stereocenters. The molecule has 2 aliphatic rings. The summed E-state index contributed by atoms with van der Waals surface area (Å²) in [4.78, 5) is 16.8. The van der Waals surface area contributed by atoms with Crippen molar-refractivity contribution in [2.45, 2.75) is 12.8 Å². The summed E-state index contributed by atoms with van der Waals surface area (Å²) in [6, 6.07) is 8.26. The Morgan fingerprint density at radius 3 is 3.05 bits per heavy atom. The number of rotatable bonds is 4. The Morgan fingerprint density at radius 2 is 2.20 bits per heavy atom. The van der Waals surface area contributed by atoms with E-state index >= 15 is 0 Å². The Labute approximate surface area is 120 Å². The summed E-state index contributed by atoms with van der Waals surface area (Å²) < 4.78 is 0. The van der Waals surface area contributed by atoms with Crippen molar-refractivity contribution in [3.8, 4) is 0 Å². The Kier molecular flexibility index (Phi) is 4.03. The number of para-hydroxylation sites is 1. The number of amides is 1. The first-order valence-corrected chi connectivity index (χ1v) is 7.53. The Balaban J connectivity index is 1.59. The molecular weight excluding hydrogens is 250 g/mol. The van der Waals surface area contributed by atoms with Gasteiger partial charge in [0.1, 0.15) is 0 Å². The molecule has 0 aliphatic carbocycles. The minimum Gasteiger partial charge on any atom is -0.319 e. The van der Waals surface area contributed by atoms with Gasteiger partial charge in [0.15, 0.2) is 0 Å². The molecule has 4 heteroatoms. The van der Waals surface area contributed by atoms with Gasteiger partial charge in [0.05, 0.1) is 6.54 Å². The molecule has 1 saturated heterocycles. The molecule has 1 amide bonds. The van der Waals surface area contributed by atoms with Gasteiger partial charge >= 0.3 is 0 Å². The molecule has 2 heterocycles. The molecule has 3 rings (SSSR count). The molecule has 4 nitrogen and oxygen atoms in total. The predicted octanol–water partition coefficient (Wildman–Crippen LogP) is 1.12. The maximum Gasteiger partial charge on any atom is 0.241 e. The van der Waals surface area contributed by atoms with Gasteiger partial charge in [0, 0.05) is 18.8 Å². The number of benzene rings is 1. The van der Waals surface area contributed by atoms with Crippen LogP contribution in [0.5, 0.6) is 0 Å². The van der Waals surface area contributed by atoms with Crippen LogP contribution in [0, 0.1) is 5.92 Å². The number of carbonyl (C=O) groups excluding carboxylic acids is 1. The van der Waals surface area contributed by atoms with Crippen LogP contribution >= 0.6 is 0 Å². The lowest BCUT2D eigenvalue weighted by Gasteiger charge is -2.22. The topological polar surface area (TPSA) is 35.6 Å². The van der Waals surface area contributed by atoms with Gasteiger partial charge in [-0.1, -0.05) is 18.2 Å². The Bertz CT molecular complexity index is 488. The SMILES string of the molecule is CNCC1CCN(CC(=O)N2CCc3ccccc32)C1. The first-order chi connectivity index (χ1) is 9.78. The highest BCUT2D eigenvalue weighted by Crippen LogP contribution is 2.27. The zero-order valence-electron chi connectivity index (χ0n) is 12.1. The number of anilines is 1. The second-order valence-corrected chi connectivity index (χ2v) is 5.87. The van der Waals surface area contributed by atoms with Crippen molar-refractivity contribution >= 4 is 11.6 Å². The van der Waals surface area contributed by atoms with Crippen LogP contribution in [-0.4, -0.2) is 50.6 Å². The first-order valence-electron chi connectivity index (χ1n) is 7.53. The fourth-order valence-electron chi connectivity index (χ4n) is 3.39. The number of hydrogen-bond donors (Lipinski definition) is 1. The van der Waals surface area contributed by atoms with E-state index in [1.54, 1.807) is 0 Å². The van der Waals surface area contributed by atoms with Crippen LogP contribution in [0.2, 0.25) is 0 Å². The highest BCUT2D eigenvalue weighted by molar-refractivity contribution is 5.96. The number of carbonyl (C=O) groups is 1. The molecule has 0 spiro atoms. The van der Waals surface area contributed by atoms with E-state index in [0.29, 0.717) is 12.5 Å². The molecule has 0 saturated carbocycles. The average Bonchev–Trinajstić information content (AvgIpc) is 3.06. The molecule has 0 aromatic heterocycles. The minimum absolute atomic E-state index is 0.250. The van der Waals surface area contributed by atoms with Crippen LogP contribution in [0.15, 0.2) is 24.3 Å². The van der Waals surface area contributed by atoms with E-state index in [0.717, 1.165) is 38.3 Å². The van der Waals surface area contributed by atoms with E-state index in [4.69, 9.17) is 0 Å². The van der Waals surface area contributed by atoms with Crippen molar-refractivity contribution in [1.29, 1.82) is 0 Å². The largest absolute Gasteiger partial charge is 0.319 e. The van der Waals surface area contributed by atoms with E-state index < -0.39 is 0 Å². The normalized spacial score (nSPS) is 22.2. The number of nitrogens with one attached hydrogen (secondary N) is 1. The summed E-state index contributed by atoms with van der Waals surface area (Å²) in [5.41, 5.74) is 2.42. The van der Waals surface area contributed by atoms with Gasteiger partial charge in [-0.2, -0.15) is 0 Å². The van der Waals surface area contributed by atoms with Gasteiger partial charge in [-0.05, 0) is 50.5 Å². The summed E-state index contributed by atoms with van der Waals surface area (Å²) in [5, 5.41) is 3.23. The zero-order valence-corrected chi connectivity index (χ0v) is 12.1. The van der Waals surface area contributed by atoms with Crippen LogP contribution in [0.3, 0.4) is 0 Å². The maximum absolute atomic E-state index is 12.5. The van der Waals surface area contributed by atoms with Crippen molar-refractivity contribution in [2.75, 3.05) is 44.7 Å². The molecule has 1 N–H and O–H groups in total. The van der Waals surface area contributed by atoms with Gasteiger partial charge in [-0.25, -0.2) is 0 Å². The van der Waals surface area contributed by atoms with E-state index in [2.05, 4.69) is 28.4 Å². The van der Waals surface area contributed by atoms with Gasteiger partial charge in [-0.3, -0.25) is 9.69 Å². The predicted molar refractivity (Wildman–Crippen MR) is 81.0 cm³/mol. The van der Waals surface area contributed by atoms with Gasteiger partial charge in [0.2, 0.25) is 5.91 Å². The van der Waals surface area contributed by atoms with Crippen LogP contribution in [-0.2, 0) is 11.2 Å². The number of nitrogens with zero attached hydrogens (tertiary/aromatic N) is 2. The molecule has 108 valence electrons. The monoisotopic (exact) mass is 273 g/mol. The zero-order chi connectivity index (χ0) is 13.9. The second kappa shape index (κ2) is 5.94. The molecule has 0 bridgehead atoms. The molecule has 1 aromatic carbocycles. The molecule has 1 fully saturated rings. The lowest BCUT2D eigenvalue weighted by atomic mass is 10.1. The first kappa shape index (κ1) is 13.6. The summed E-state index contributed by atoms with van der Waals surface area (Å²) in [6.07, 6.45) is 2.19. The van der Waals surface area contributed by atoms with Crippen molar-refractivity contribution in [2.24, 2.45) is 5.92 Å². The van der Waals surface area contributed by atoms with Crippen molar-refractivity contribution in [1.82, 2.24) is 10.2 Å². The lowest BCUT2D eigenvalue weighted by Crippen LogP contribution is -2.39. The van der Waals surface area contributed by atoms with Crippen LogP contribution in [0.1, 0.15) is 12.0 Å². The van der Waals surface area contributed by atoms with Crippen LogP contribution in [0.4, 0.5) is 5.69 Å². The maximum atomic E-state index is 12.5. The molecule has 1 aromatic rings. The highest BCUT2D eigenvalue weighted by Gasteiger charge is 2.28. The van der Waals surface area contributed by atoms with Crippen molar-refractivity contribution in [3.63, 3.8) is 0 Å². The van der Waals surface area contributed by atoms with E-state index in [1.807, 2.05) is 18.0 Å². The van der Waals surface area contributed by atoms with E-state index in [9.17, 15) is 4.79 Å². The standard InChI is InChI=1S/C16H23N3O/c1-17-10-13-6-8-18(11-13)12-16(20)19-9-7-14-4-2-3-5-15(14)19/h2-5,13,17H,6-12H2,1H3. The van der Waals surface area contributed by atoms with Crippen LogP contribution < -0.4 is 10.2 Å². The van der Waals surface area contributed by atoms with Crippen molar-refractivity contribution in [3.05, 3.63) is 29.8 Å². The lowest BCUT2D eigenvalue weighted by molar-refractivity contribution is -0.119. The summed E-state index contributed by atoms with van der Waals surface area (Å²) >= 11 is 0. The second-order valence-electron chi connectivity index (χ2n) is 5.87. The summed E-state index contributed by atoms with van der Waals surface area (Å²) in [7, 11) is 2.00. The van der Waals surface area contributed by atoms with Gasteiger partial charge in [-0.15, -0.1) is 0 Å². The molecule has 2 aliphatic heterocycles. The van der Waals surface area contributed by atoms with Gasteiger partial charge in [0.25, 0.3) is 0 Å². The minimum atomic E-state index is 0.250. The molecule has 1 atom stereocenters. The third-order valence-electron chi connectivity index (χ3n) is 4.41. The third kappa shape index (κ3) is 2.72. The molecule has 20 heavy (non-hydrogen) atoms. The summed E-state index contributed by atoms with van der Waals surface area (Å²) in [6.45, 7) is 4.55. The Hall–Kier alpha value is -1.39. The van der Waals surface area contributed by atoms with E-state index in [-0.39, 0.29) is 5.91 Å². The number of fused-ring (bicyclic) bond motifs is 1. The smallest absolute Gasteiger partial charge is 0.241 e. The fourth-order valence-corrected chi connectivity index (χ4v) is 3.39. The van der Waals surface area contributed by atoms with Gasteiger partial charge < -0.3 is 10.2 Å². The highest BCUT2D eigenvalue weighted by atomic mass is 16.2. The number of hydrogen-bond acceptors (Lipinski definition) is 3. The van der Waals surface area contributed by atoms with E-state index in [1.165, 1.54) is 12.0 Å². The van der Waals surface area contributed by atoms with Crippen molar-refractivity contribution < 1.29 is 4.79 Å². The Morgan fingerprint density at radius 1 is 1.35 bits per heavy atom. The quantitative estimate of drug-likeness (QED) is 0.893. The average molecular weight is 273 g/mol. The molecule has 0 radical (unpaired) electrons. The third-order valence-corrected chi connectivity index (χ3v) is 4.41.